The minimum absolute atomic E-state index is 0.0851. The lowest BCUT2D eigenvalue weighted by molar-refractivity contribution is 0.0773. The number of likely N-dealkylation sites (tertiary alicyclic amines) is 1. The van der Waals surface area contributed by atoms with E-state index in [0.717, 1.165) is 64.5 Å². The Morgan fingerprint density at radius 2 is 1.47 bits per heavy atom. The lowest BCUT2D eigenvalue weighted by Gasteiger charge is -2.36. The van der Waals surface area contributed by atoms with Crippen molar-refractivity contribution >= 4 is 11.9 Å². The average Bonchev–Trinajstić information content (AvgIpc) is 2.78. The summed E-state index contributed by atoms with van der Waals surface area (Å²) >= 11 is 0. The number of likely N-dealkylation sites (N-methyl/N-ethyl adjacent to an activating group) is 1. The molecule has 2 aliphatic rings. The minimum atomic E-state index is 0.0851. The number of piperazine rings is 1. The van der Waals surface area contributed by atoms with E-state index in [0.29, 0.717) is 0 Å². The third kappa shape index (κ3) is 6.19. The summed E-state index contributed by atoms with van der Waals surface area (Å²) in [6.07, 6.45) is 3.89. The summed E-state index contributed by atoms with van der Waals surface area (Å²) in [5.74, 6) is 0.0920. The molecule has 0 aromatic heterocycles. The molecule has 7 heteroatoms. The maximum atomic E-state index is 12.7. The minimum Gasteiger partial charge on any atom is -0.340 e. The van der Waals surface area contributed by atoms with Gasteiger partial charge in [-0.05, 0) is 43.6 Å². The Kier molecular flexibility index (Phi) is 8.10. The van der Waals surface area contributed by atoms with E-state index in [1.807, 2.05) is 29.0 Å². The Morgan fingerprint density at radius 1 is 0.833 bits per heavy atom. The van der Waals surface area contributed by atoms with Crippen molar-refractivity contribution in [1.82, 2.24) is 24.5 Å². The Balaban J connectivity index is 1.44. The zero-order valence-corrected chi connectivity index (χ0v) is 18.8. The molecular formula is C23H37N5O2. The Hall–Kier alpha value is -2.12. The Bertz CT molecular complexity index is 692. The van der Waals surface area contributed by atoms with Gasteiger partial charge in [-0.25, -0.2) is 4.79 Å². The highest BCUT2D eigenvalue weighted by Gasteiger charge is 2.22. The molecule has 0 atom stereocenters. The summed E-state index contributed by atoms with van der Waals surface area (Å²) in [5, 5.41) is 0. The van der Waals surface area contributed by atoms with Crippen LogP contribution in [0.3, 0.4) is 0 Å². The zero-order chi connectivity index (χ0) is 21.5. The first-order chi connectivity index (χ1) is 14.4. The van der Waals surface area contributed by atoms with Gasteiger partial charge >= 0.3 is 6.03 Å². The van der Waals surface area contributed by atoms with Crippen LogP contribution in [0.2, 0.25) is 0 Å². The van der Waals surface area contributed by atoms with Crippen LogP contribution >= 0.6 is 0 Å². The normalized spacial score (nSPS) is 18.3. The van der Waals surface area contributed by atoms with Gasteiger partial charge in [0.2, 0.25) is 0 Å². The fraction of sp³-hybridized carbons (Fsp3) is 0.652. The van der Waals surface area contributed by atoms with E-state index in [1.54, 1.807) is 19.0 Å². The maximum Gasteiger partial charge on any atom is 0.319 e. The second-order valence-corrected chi connectivity index (χ2v) is 8.77. The molecule has 3 rings (SSSR count). The highest BCUT2D eigenvalue weighted by atomic mass is 16.2. The molecule has 166 valence electrons. The number of hydrogen-bond acceptors (Lipinski definition) is 4. The number of nitrogens with zero attached hydrogens (tertiary/aromatic N) is 5. The monoisotopic (exact) mass is 415 g/mol. The molecule has 2 heterocycles. The molecule has 2 saturated heterocycles. The molecule has 0 spiro atoms. The second-order valence-electron chi connectivity index (χ2n) is 8.77. The third-order valence-electron chi connectivity index (χ3n) is 6.18. The number of piperidine rings is 1. The molecule has 0 bridgehead atoms. The van der Waals surface area contributed by atoms with Crippen molar-refractivity contribution in [3.8, 4) is 0 Å². The summed E-state index contributed by atoms with van der Waals surface area (Å²) in [6.45, 7) is 8.18. The van der Waals surface area contributed by atoms with Gasteiger partial charge < -0.3 is 19.6 Å². The van der Waals surface area contributed by atoms with Crippen molar-refractivity contribution in [1.29, 1.82) is 0 Å². The van der Waals surface area contributed by atoms with Gasteiger partial charge in [0.25, 0.3) is 5.91 Å². The van der Waals surface area contributed by atoms with E-state index in [2.05, 4.69) is 21.9 Å². The van der Waals surface area contributed by atoms with Gasteiger partial charge in [0.05, 0.1) is 0 Å². The standard InChI is InChI=1S/C23H37N5O2/c1-24(2)23(30)28-17-15-27(16-18-28)19-20-7-9-21(10-8-20)22(29)25(3)13-14-26-11-5-4-6-12-26/h7-10H,4-6,11-19H2,1-3H3. The first-order valence-corrected chi connectivity index (χ1v) is 11.2. The SMILES string of the molecule is CN(C)C(=O)N1CCN(Cc2ccc(C(=O)N(C)CCN3CCCCC3)cc2)CC1. The summed E-state index contributed by atoms with van der Waals surface area (Å²) in [5.41, 5.74) is 1.95. The van der Waals surface area contributed by atoms with Gasteiger partial charge in [-0.15, -0.1) is 0 Å². The van der Waals surface area contributed by atoms with Crippen molar-refractivity contribution < 1.29 is 9.59 Å². The van der Waals surface area contributed by atoms with E-state index in [9.17, 15) is 9.59 Å². The van der Waals surface area contributed by atoms with Gasteiger partial charge in [-0.1, -0.05) is 18.6 Å². The topological polar surface area (TPSA) is 50.3 Å². The van der Waals surface area contributed by atoms with Crippen LogP contribution in [0.5, 0.6) is 0 Å². The van der Waals surface area contributed by atoms with Crippen LogP contribution in [-0.4, -0.2) is 110 Å². The van der Waals surface area contributed by atoms with E-state index < -0.39 is 0 Å². The number of amides is 3. The molecule has 2 fully saturated rings. The average molecular weight is 416 g/mol. The van der Waals surface area contributed by atoms with Gasteiger partial charge in [0.1, 0.15) is 0 Å². The predicted molar refractivity (Wildman–Crippen MR) is 120 cm³/mol. The van der Waals surface area contributed by atoms with Crippen molar-refractivity contribution in [3.63, 3.8) is 0 Å². The molecule has 0 saturated carbocycles. The lowest BCUT2D eigenvalue weighted by Crippen LogP contribution is -2.51. The van der Waals surface area contributed by atoms with Gasteiger partial charge in [0.15, 0.2) is 0 Å². The lowest BCUT2D eigenvalue weighted by atomic mass is 10.1. The van der Waals surface area contributed by atoms with Gasteiger partial charge in [0, 0.05) is 72.5 Å². The molecular weight excluding hydrogens is 378 g/mol. The van der Waals surface area contributed by atoms with Crippen molar-refractivity contribution in [2.75, 3.05) is 73.5 Å². The van der Waals surface area contributed by atoms with Crippen LogP contribution in [0.25, 0.3) is 0 Å². The largest absolute Gasteiger partial charge is 0.340 e. The fourth-order valence-electron chi connectivity index (χ4n) is 4.19. The molecule has 0 unspecified atom stereocenters. The molecule has 0 N–H and O–H groups in total. The van der Waals surface area contributed by atoms with E-state index >= 15 is 0 Å². The number of urea groups is 1. The van der Waals surface area contributed by atoms with Crippen LogP contribution < -0.4 is 0 Å². The summed E-state index contributed by atoms with van der Waals surface area (Å²) in [7, 11) is 5.49. The highest BCUT2D eigenvalue weighted by molar-refractivity contribution is 5.94. The first kappa shape index (κ1) is 22.6. The Labute approximate surface area is 181 Å². The molecule has 30 heavy (non-hydrogen) atoms. The number of hydrogen-bond donors (Lipinski definition) is 0. The predicted octanol–water partition coefficient (Wildman–Crippen LogP) is 2.04. The van der Waals surface area contributed by atoms with E-state index in [4.69, 9.17) is 0 Å². The van der Waals surface area contributed by atoms with E-state index in [1.165, 1.54) is 24.8 Å². The molecule has 0 aliphatic carbocycles. The molecule has 7 nitrogen and oxygen atoms in total. The summed E-state index contributed by atoms with van der Waals surface area (Å²) in [6, 6.07) is 8.09. The molecule has 0 radical (unpaired) electrons. The number of rotatable bonds is 6. The molecule has 3 amide bonds. The summed E-state index contributed by atoms with van der Waals surface area (Å²) < 4.78 is 0. The maximum absolute atomic E-state index is 12.7. The van der Waals surface area contributed by atoms with Gasteiger partial charge in [-0.3, -0.25) is 9.69 Å². The first-order valence-electron chi connectivity index (χ1n) is 11.2. The third-order valence-corrected chi connectivity index (χ3v) is 6.18. The fourth-order valence-corrected chi connectivity index (χ4v) is 4.19. The smallest absolute Gasteiger partial charge is 0.319 e. The van der Waals surface area contributed by atoms with Crippen LogP contribution in [0.1, 0.15) is 35.2 Å². The van der Waals surface area contributed by atoms with Gasteiger partial charge in [-0.2, -0.15) is 0 Å². The highest BCUT2D eigenvalue weighted by Crippen LogP contribution is 2.13. The van der Waals surface area contributed by atoms with Crippen molar-refractivity contribution in [3.05, 3.63) is 35.4 Å². The van der Waals surface area contributed by atoms with Crippen LogP contribution in [0.4, 0.5) is 4.79 Å². The second kappa shape index (κ2) is 10.8. The summed E-state index contributed by atoms with van der Waals surface area (Å²) in [4.78, 5) is 35.0. The van der Waals surface area contributed by atoms with Crippen molar-refractivity contribution in [2.24, 2.45) is 0 Å². The molecule has 1 aromatic carbocycles. The van der Waals surface area contributed by atoms with E-state index in [-0.39, 0.29) is 11.9 Å². The number of carbonyl (C=O) groups excluding carboxylic acids is 2. The quantitative estimate of drug-likeness (QED) is 0.714. The van der Waals surface area contributed by atoms with Crippen molar-refractivity contribution in [2.45, 2.75) is 25.8 Å². The van der Waals surface area contributed by atoms with Crippen LogP contribution in [-0.2, 0) is 6.54 Å². The molecule has 1 aromatic rings. The number of carbonyl (C=O) groups is 2. The van der Waals surface area contributed by atoms with Crippen LogP contribution in [0, 0.1) is 0 Å². The van der Waals surface area contributed by atoms with Crippen LogP contribution in [0.15, 0.2) is 24.3 Å². The number of benzene rings is 1. The molecule has 2 aliphatic heterocycles. The zero-order valence-electron chi connectivity index (χ0n) is 18.8. The Morgan fingerprint density at radius 3 is 2.07 bits per heavy atom.